The predicted molar refractivity (Wildman–Crippen MR) is 40.9 cm³/mol. The van der Waals surface area contributed by atoms with Crippen LogP contribution in [0.4, 0.5) is 4.39 Å². The molecule has 0 aromatic carbocycles. The molecule has 0 aromatic rings. The Hall–Kier alpha value is -0.110. The van der Waals surface area contributed by atoms with Gasteiger partial charge in [-0.3, -0.25) is 4.39 Å². The number of hydrogen-bond acceptors (Lipinski definition) is 1. The summed E-state index contributed by atoms with van der Waals surface area (Å²) in [6, 6.07) is 0. The Morgan fingerprint density at radius 2 is 1.90 bits per heavy atom. The van der Waals surface area contributed by atoms with Crippen LogP contribution >= 0.6 is 0 Å². The average molecular weight is 145 g/mol. The predicted octanol–water partition coefficient (Wildman–Crippen LogP) is 1.83. The van der Waals surface area contributed by atoms with Gasteiger partial charge in [-0.15, -0.1) is 0 Å². The van der Waals surface area contributed by atoms with E-state index in [0.29, 0.717) is 0 Å². The lowest BCUT2D eigenvalue weighted by molar-refractivity contribution is 0.177. The average Bonchev–Trinajstić information content (AvgIpc) is 1.84. The maximum absolute atomic E-state index is 11.6. The van der Waals surface area contributed by atoms with Crippen molar-refractivity contribution < 1.29 is 4.39 Å². The number of rotatable bonds is 5. The fourth-order valence-electron chi connectivity index (χ4n) is 1.21. The number of alkyl halides is 1. The van der Waals surface area contributed by atoms with E-state index < -0.39 is 0 Å². The number of nitrogens with zero attached hydrogens (tertiary/aromatic N) is 1. The minimum atomic E-state index is -0.139. The molecule has 0 aliphatic carbocycles. The summed E-state index contributed by atoms with van der Waals surface area (Å²) in [5.41, 5.74) is 0. The second kappa shape index (κ2) is 4.67. The maximum atomic E-state index is 11.6. The van der Waals surface area contributed by atoms with Crippen molar-refractivity contribution in [1.29, 1.82) is 0 Å². The van der Waals surface area contributed by atoms with Crippen LogP contribution in [0.25, 0.3) is 0 Å². The minimum Gasteiger partial charge on any atom is -0.303 e. The molecule has 1 aliphatic rings. The zero-order valence-electron chi connectivity index (χ0n) is 6.48. The maximum Gasteiger partial charge on any atom is 0.0894 e. The Bertz CT molecular complexity index is 81.3. The first-order chi connectivity index (χ1) is 4.93. The van der Waals surface area contributed by atoms with E-state index in [0.717, 1.165) is 12.8 Å². The van der Waals surface area contributed by atoms with Crippen molar-refractivity contribution in [2.45, 2.75) is 25.7 Å². The summed E-state index contributed by atoms with van der Waals surface area (Å²) < 4.78 is 11.6. The molecule has 0 bridgehead atoms. The van der Waals surface area contributed by atoms with E-state index in [4.69, 9.17) is 0 Å². The van der Waals surface area contributed by atoms with Gasteiger partial charge in [0.15, 0.2) is 0 Å². The summed E-state index contributed by atoms with van der Waals surface area (Å²) in [7, 11) is 0. The number of unbranched alkanes of at least 4 members (excludes halogenated alkanes) is 2. The van der Waals surface area contributed by atoms with Crippen molar-refractivity contribution in [3.8, 4) is 0 Å². The molecule has 1 fully saturated rings. The summed E-state index contributed by atoms with van der Waals surface area (Å²) in [6.45, 7) is 3.60. The fraction of sp³-hybridized carbons (Fsp3) is 1.00. The summed E-state index contributed by atoms with van der Waals surface area (Å²) in [4.78, 5) is 2.43. The van der Waals surface area contributed by atoms with E-state index in [2.05, 4.69) is 4.90 Å². The zero-order chi connectivity index (χ0) is 7.23. The second-order valence-corrected chi connectivity index (χ2v) is 2.94. The van der Waals surface area contributed by atoms with Gasteiger partial charge in [0.1, 0.15) is 0 Å². The molecule has 0 N–H and O–H groups in total. The van der Waals surface area contributed by atoms with Gasteiger partial charge in [0, 0.05) is 0 Å². The van der Waals surface area contributed by atoms with Crippen LogP contribution in [0, 0.1) is 0 Å². The standard InChI is InChI=1S/C8H16FN/c9-5-2-1-3-6-10-7-4-8-10/h1-8H2. The van der Waals surface area contributed by atoms with Gasteiger partial charge in [-0.05, 0) is 45.3 Å². The largest absolute Gasteiger partial charge is 0.303 e. The van der Waals surface area contributed by atoms with Crippen LogP contribution in [0.1, 0.15) is 25.7 Å². The molecule has 0 amide bonds. The van der Waals surface area contributed by atoms with Gasteiger partial charge < -0.3 is 4.90 Å². The fourth-order valence-corrected chi connectivity index (χ4v) is 1.21. The van der Waals surface area contributed by atoms with Gasteiger partial charge in [-0.2, -0.15) is 0 Å². The van der Waals surface area contributed by atoms with E-state index >= 15 is 0 Å². The van der Waals surface area contributed by atoms with Gasteiger partial charge in [-0.1, -0.05) is 0 Å². The molecule has 0 spiro atoms. The number of halogens is 1. The van der Waals surface area contributed by atoms with Crippen LogP contribution in [0.3, 0.4) is 0 Å². The van der Waals surface area contributed by atoms with Gasteiger partial charge in [0.05, 0.1) is 6.67 Å². The molecular weight excluding hydrogens is 129 g/mol. The zero-order valence-corrected chi connectivity index (χ0v) is 6.48. The SMILES string of the molecule is FCCCCCN1CCC1. The smallest absolute Gasteiger partial charge is 0.0894 e. The van der Waals surface area contributed by atoms with Crippen LogP contribution in [0.2, 0.25) is 0 Å². The van der Waals surface area contributed by atoms with Crippen molar-refractivity contribution >= 4 is 0 Å². The Kier molecular flexibility index (Phi) is 3.73. The molecule has 0 aromatic heterocycles. The molecule has 1 heterocycles. The third-order valence-electron chi connectivity index (χ3n) is 2.06. The molecular formula is C8H16FN. The van der Waals surface area contributed by atoms with E-state index in [1.165, 1.54) is 32.5 Å². The van der Waals surface area contributed by atoms with Crippen LogP contribution in [0.5, 0.6) is 0 Å². The molecule has 2 heteroatoms. The van der Waals surface area contributed by atoms with Crippen molar-refractivity contribution in [3.63, 3.8) is 0 Å². The molecule has 10 heavy (non-hydrogen) atoms. The third-order valence-corrected chi connectivity index (χ3v) is 2.06. The van der Waals surface area contributed by atoms with Crippen molar-refractivity contribution in [1.82, 2.24) is 4.90 Å². The van der Waals surface area contributed by atoms with E-state index in [1.807, 2.05) is 0 Å². The van der Waals surface area contributed by atoms with Gasteiger partial charge >= 0.3 is 0 Å². The highest BCUT2D eigenvalue weighted by Gasteiger charge is 2.11. The molecule has 60 valence electrons. The molecule has 1 rings (SSSR count). The minimum absolute atomic E-state index is 0.139. The number of likely N-dealkylation sites (tertiary alicyclic amines) is 1. The summed E-state index contributed by atoms with van der Waals surface area (Å²) in [6.07, 6.45) is 4.37. The Morgan fingerprint density at radius 1 is 1.10 bits per heavy atom. The molecule has 0 atom stereocenters. The summed E-state index contributed by atoms with van der Waals surface area (Å²) >= 11 is 0. The second-order valence-electron chi connectivity index (χ2n) is 2.94. The highest BCUT2D eigenvalue weighted by Crippen LogP contribution is 2.07. The molecule has 1 saturated heterocycles. The lowest BCUT2D eigenvalue weighted by atomic mass is 10.2. The Labute approximate surface area is 62.2 Å². The summed E-state index contributed by atoms with van der Waals surface area (Å²) in [5.74, 6) is 0. The van der Waals surface area contributed by atoms with Gasteiger partial charge in [-0.25, -0.2) is 0 Å². The Balaban J connectivity index is 1.76. The van der Waals surface area contributed by atoms with Crippen LogP contribution in [-0.2, 0) is 0 Å². The molecule has 0 saturated carbocycles. The van der Waals surface area contributed by atoms with E-state index in [1.54, 1.807) is 0 Å². The lowest BCUT2D eigenvalue weighted by Gasteiger charge is -2.30. The first-order valence-corrected chi connectivity index (χ1v) is 4.22. The van der Waals surface area contributed by atoms with Crippen molar-refractivity contribution in [2.24, 2.45) is 0 Å². The Morgan fingerprint density at radius 3 is 2.40 bits per heavy atom. The third kappa shape index (κ3) is 2.65. The molecule has 1 aliphatic heterocycles. The van der Waals surface area contributed by atoms with E-state index in [9.17, 15) is 4.39 Å². The highest BCUT2D eigenvalue weighted by molar-refractivity contribution is 4.67. The monoisotopic (exact) mass is 145 g/mol. The first kappa shape index (κ1) is 7.99. The highest BCUT2D eigenvalue weighted by atomic mass is 19.1. The molecule has 0 unspecified atom stereocenters. The quantitative estimate of drug-likeness (QED) is 0.533. The van der Waals surface area contributed by atoms with Crippen LogP contribution in [0.15, 0.2) is 0 Å². The van der Waals surface area contributed by atoms with Crippen LogP contribution < -0.4 is 0 Å². The summed E-state index contributed by atoms with van der Waals surface area (Å²) in [5, 5.41) is 0. The lowest BCUT2D eigenvalue weighted by Crippen LogP contribution is -2.37. The number of hydrogen-bond donors (Lipinski definition) is 0. The molecule has 1 nitrogen and oxygen atoms in total. The van der Waals surface area contributed by atoms with Gasteiger partial charge in [0.2, 0.25) is 0 Å². The first-order valence-electron chi connectivity index (χ1n) is 4.22. The van der Waals surface area contributed by atoms with Gasteiger partial charge in [0.25, 0.3) is 0 Å². The van der Waals surface area contributed by atoms with E-state index in [-0.39, 0.29) is 6.67 Å². The normalized spacial score (nSPS) is 18.9. The topological polar surface area (TPSA) is 3.24 Å². The van der Waals surface area contributed by atoms with Crippen molar-refractivity contribution in [3.05, 3.63) is 0 Å². The molecule has 0 radical (unpaired) electrons. The van der Waals surface area contributed by atoms with Crippen molar-refractivity contribution in [2.75, 3.05) is 26.3 Å². The van der Waals surface area contributed by atoms with Crippen LogP contribution in [-0.4, -0.2) is 31.2 Å².